The number of thiazole rings is 1. The van der Waals surface area contributed by atoms with Gasteiger partial charge in [-0.1, -0.05) is 16.5 Å². The summed E-state index contributed by atoms with van der Waals surface area (Å²) >= 11 is 1.21. The van der Waals surface area contributed by atoms with Gasteiger partial charge in [0.1, 0.15) is 10.7 Å². The zero-order valence-corrected chi connectivity index (χ0v) is 13.2. The molecule has 9 heteroatoms. The average Bonchev–Trinajstić information content (AvgIpc) is 2.90. The van der Waals surface area contributed by atoms with Gasteiger partial charge in [-0.2, -0.15) is 4.98 Å². The molecule has 0 aliphatic carbocycles. The second-order valence-corrected chi connectivity index (χ2v) is 6.53. The van der Waals surface area contributed by atoms with Crippen LogP contribution in [0.2, 0.25) is 0 Å². The molecule has 0 saturated heterocycles. The van der Waals surface area contributed by atoms with Crippen LogP contribution in [0.5, 0.6) is 0 Å². The molecule has 2 aromatic rings. The molecule has 0 bridgehead atoms. The Hall–Kier alpha value is -2.16. The van der Waals surface area contributed by atoms with Gasteiger partial charge in [0.05, 0.1) is 6.54 Å². The summed E-state index contributed by atoms with van der Waals surface area (Å²) in [5.74, 6) is 0.749. The molecule has 0 aliphatic heterocycles. The SMILES string of the molecule is Cc1noc(CNC(=O)c2sc(NC(C)(C)C)nc2N)n1. The molecule has 0 aromatic carbocycles. The predicted molar refractivity (Wildman–Crippen MR) is 80.1 cm³/mol. The number of aryl methyl sites for hydroxylation is 1. The van der Waals surface area contributed by atoms with Crippen LogP contribution in [0.3, 0.4) is 0 Å². The summed E-state index contributed by atoms with van der Waals surface area (Å²) in [6.45, 7) is 7.87. The molecular weight excluding hydrogens is 292 g/mol. The van der Waals surface area contributed by atoms with Crippen LogP contribution in [0, 0.1) is 6.92 Å². The third-order valence-corrected chi connectivity index (χ3v) is 3.30. The van der Waals surface area contributed by atoms with E-state index in [2.05, 4.69) is 25.8 Å². The van der Waals surface area contributed by atoms with Crippen LogP contribution in [0.15, 0.2) is 4.52 Å². The van der Waals surface area contributed by atoms with E-state index in [1.165, 1.54) is 11.3 Å². The maximum atomic E-state index is 12.1. The molecule has 0 radical (unpaired) electrons. The molecule has 2 rings (SSSR count). The molecule has 2 heterocycles. The molecule has 0 atom stereocenters. The van der Waals surface area contributed by atoms with Gasteiger partial charge in [0.2, 0.25) is 5.89 Å². The topological polar surface area (TPSA) is 119 Å². The van der Waals surface area contributed by atoms with Gasteiger partial charge < -0.3 is 20.9 Å². The number of hydrogen-bond donors (Lipinski definition) is 3. The molecule has 0 aliphatic rings. The molecule has 0 fully saturated rings. The number of hydrogen-bond acceptors (Lipinski definition) is 8. The van der Waals surface area contributed by atoms with E-state index < -0.39 is 0 Å². The van der Waals surface area contributed by atoms with Crippen molar-refractivity contribution in [1.82, 2.24) is 20.4 Å². The van der Waals surface area contributed by atoms with E-state index in [0.717, 1.165) is 0 Å². The largest absolute Gasteiger partial charge is 0.382 e. The zero-order valence-electron chi connectivity index (χ0n) is 12.4. The van der Waals surface area contributed by atoms with Crippen molar-refractivity contribution in [1.29, 1.82) is 0 Å². The lowest BCUT2D eigenvalue weighted by molar-refractivity contribution is 0.0951. The summed E-state index contributed by atoms with van der Waals surface area (Å²) in [5, 5.41) is 10.1. The first-order chi connectivity index (χ1) is 9.74. The lowest BCUT2D eigenvalue weighted by Gasteiger charge is -2.19. The third kappa shape index (κ3) is 4.15. The summed E-state index contributed by atoms with van der Waals surface area (Å²) in [6.07, 6.45) is 0. The van der Waals surface area contributed by atoms with Crippen molar-refractivity contribution in [3.8, 4) is 0 Å². The van der Waals surface area contributed by atoms with Gasteiger partial charge in [-0.25, -0.2) is 4.98 Å². The van der Waals surface area contributed by atoms with E-state index in [4.69, 9.17) is 10.3 Å². The van der Waals surface area contributed by atoms with Crippen molar-refractivity contribution in [3.63, 3.8) is 0 Å². The molecule has 0 spiro atoms. The lowest BCUT2D eigenvalue weighted by Crippen LogP contribution is -2.25. The number of nitrogens with two attached hydrogens (primary N) is 1. The van der Waals surface area contributed by atoms with Crippen LogP contribution in [0.1, 0.15) is 42.2 Å². The second-order valence-electron chi connectivity index (χ2n) is 5.53. The number of carbonyl (C=O) groups is 1. The number of carbonyl (C=O) groups excluding carboxylic acids is 1. The summed E-state index contributed by atoms with van der Waals surface area (Å²) < 4.78 is 4.92. The minimum atomic E-state index is -0.317. The Morgan fingerprint density at radius 2 is 2.10 bits per heavy atom. The first-order valence-electron chi connectivity index (χ1n) is 6.36. The number of nitrogen functional groups attached to an aromatic ring is 1. The monoisotopic (exact) mass is 310 g/mol. The molecule has 2 aromatic heterocycles. The average molecular weight is 310 g/mol. The maximum Gasteiger partial charge on any atom is 0.265 e. The molecule has 114 valence electrons. The summed E-state index contributed by atoms with van der Waals surface area (Å²) in [6, 6.07) is 0. The molecule has 21 heavy (non-hydrogen) atoms. The Morgan fingerprint density at radius 1 is 1.38 bits per heavy atom. The Balaban J connectivity index is 2.02. The van der Waals surface area contributed by atoms with Gasteiger partial charge in [0.15, 0.2) is 11.0 Å². The quantitative estimate of drug-likeness (QED) is 0.784. The van der Waals surface area contributed by atoms with Crippen LogP contribution in [0.25, 0.3) is 0 Å². The van der Waals surface area contributed by atoms with Gasteiger partial charge in [-0.3, -0.25) is 4.79 Å². The first-order valence-corrected chi connectivity index (χ1v) is 7.18. The van der Waals surface area contributed by atoms with Crippen LogP contribution >= 0.6 is 11.3 Å². The van der Waals surface area contributed by atoms with Crippen molar-refractivity contribution in [3.05, 3.63) is 16.6 Å². The van der Waals surface area contributed by atoms with Crippen LogP contribution in [-0.4, -0.2) is 26.6 Å². The standard InChI is InChI=1S/C12H18N6O2S/c1-6-15-7(20-18-6)5-14-10(19)8-9(13)16-11(21-8)17-12(2,3)4/h5,13H2,1-4H3,(H,14,19)(H,16,17). The summed E-state index contributed by atoms with van der Waals surface area (Å²) in [7, 11) is 0. The number of rotatable bonds is 4. The third-order valence-electron chi connectivity index (χ3n) is 2.31. The van der Waals surface area contributed by atoms with Gasteiger partial charge in [0.25, 0.3) is 5.91 Å². The van der Waals surface area contributed by atoms with E-state index in [-0.39, 0.29) is 23.8 Å². The fourth-order valence-electron chi connectivity index (χ4n) is 1.52. The fraction of sp³-hybridized carbons (Fsp3) is 0.500. The zero-order chi connectivity index (χ0) is 15.6. The van der Waals surface area contributed by atoms with Gasteiger partial charge in [-0.15, -0.1) is 0 Å². The van der Waals surface area contributed by atoms with E-state index in [0.29, 0.717) is 21.7 Å². The Kier molecular flexibility index (Phi) is 4.12. The molecule has 0 saturated carbocycles. The molecule has 8 nitrogen and oxygen atoms in total. The maximum absolute atomic E-state index is 12.1. The normalized spacial score (nSPS) is 11.4. The Morgan fingerprint density at radius 3 is 2.67 bits per heavy atom. The molecule has 0 unspecified atom stereocenters. The number of amides is 1. The summed E-state index contributed by atoms with van der Waals surface area (Å²) in [4.78, 5) is 20.6. The van der Waals surface area contributed by atoms with Crippen LogP contribution in [0.4, 0.5) is 10.9 Å². The highest BCUT2D eigenvalue weighted by atomic mass is 32.1. The number of anilines is 2. The minimum Gasteiger partial charge on any atom is -0.382 e. The number of nitrogens with zero attached hydrogens (tertiary/aromatic N) is 3. The van der Waals surface area contributed by atoms with E-state index >= 15 is 0 Å². The fourth-order valence-corrected chi connectivity index (χ4v) is 2.53. The van der Waals surface area contributed by atoms with E-state index in [1.54, 1.807) is 6.92 Å². The highest BCUT2D eigenvalue weighted by Crippen LogP contribution is 2.27. The van der Waals surface area contributed by atoms with E-state index in [9.17, 15) is 4.79 Å². The van der Waals surface area contributed by atoms with Crippen molar-refractivity contribution >= 4 is 28.2 Å². The van der Waals surface area contributed by atoms with Crippen LogP contribution < -0.4 is 16.4 Å². The van der Waals surface area contributed by atoms with Crippen molar-refractivity contribution in [2.75, 3.05) is 11.1 Å². The number of aromatic nitrogens is 3. The molecule has 4 N–H and O–H groups in total. The highest BCUT2D eigenvalue weighted by molar-refractivity contribution is 7.18. The van der Waals surface area contributed by atoms with E-state index in [1.807, 2.05) is 20.8 Å². The van der Waals surface area contributed by atoms with Gasteiger partial charge in [-0.05, 0) is 27.7 Å². The molecular formula is C12H18N6O2S. The van der Waals surface area contributed by atoms with Crippen molar-refractivity contribution < 1.29 is 9.32 Å². The second kappa shape index (κ2) is 5.68. The first kappa shape index (κ1) is 15.2. The summed E-state index contributed by atoms with van der Waals surface area (Å²) in [5.41, 5.74) is 5.63. The Labute approximate surface area is 126 Å². The van der Waals surface area contributed by atoms with Crippen LogP contribution in [-0.2, 0) is 6.54 Å². The highest BCUT2D eigenvalue weighted by Gasteiger charge is 2.19. The Bertz CT molecular complexity index is 642. The van der Waals surface area contributed by atoms with Gasteiger partial charge in [0, 0.05) is 5.54 Å². The predicted octanol–water partition coefficient (Wildman–Crippen LogP) is 1.56. The molecule has 1 amide bonds. The number of nitrogens with one attached hydrogen (secondary N) is 2. The van der Waals surface area contributed by atoms with Crippen molar-refractivity contribution in [2.45, 2.75) is 39.8 Å². The van der Waals surface area contributed by atoms with Crippen molar-refractivity contribution in [2.24, 2.45) is 0 Å². The lowest BCUT2D eigenvalue weighted by atomic mass is 10.1. The van der Waals surface area contributed by atoms with Gasteiger partial charge >= 0.3 is 0 Å². The minimum absolute atomic E-state index is 0.152. The smallest absolute Gasteiger partial charge is 0.265 e.